The summed E-state index contributed by atoms with van der Waals surface area (Å²) in [6.07, 6.45) is 5.39. The van der Waals surface area contributed by atoms with Crippen LogP contribution in [0, 0.1) is 6.92 Å². The highest BCUT2D eigenvalue weighted by molar-refractivity contribution is 5.26. The van der Waals surface area contributed by atoms with E-state index in [1.807, 2.05) is 12.1 Å². The predicted octanol–water partition coefficient (Wildman–Crippen LogP) is 3.05. The second kappa shape index (κ2) is 7.09. The summed E-state index contributed by atoms with van der Waals surface area (Å²) in [5.41, 5.74) is 1.10. The SMILES string of the molecule is CCCNC1(CO)CCCC(Oc2ccc(C)cc2)C1. The number of hydrogen-bond acceptors (Lipinski definition) is 3. The van der Waals surface area contributed by atoms with Gasteiger partial charge >= 0.3 is 0 Å². The van der Waals surface area contributed by atoms with Gasteiger partial charge in [-0.2, -0.15) is 0 Å². The average Bonchev–Trinajstić information content (AvgIpc) is 2.48. The van der Waals surface area contributed by atoms with E-state index in [1.165, 1.54) is 5.56 Å². The van der Waals surface area contributed by atoms with Crippen LogP contribution in [0.25, 0.3) is 0 Å². The molecule has 0 aliphatic heterocycles. The van der Waals surface area contributed by atoms with Crippen molar-refractivity contribution in [2.24, 2.45) is 0 Å². The summed E-state index contributed by atoms with van der Waals surface area (Å²) in [4.78, 5) is 0. The van der Waals surface area contributed by atoms with Crippen LogP contribution in [0.15, 0.2) is 24.3 Å². The Morgan fingerprint density at radius 2 is 2.10 bits per heavy atom. The maximum absolute atomic E-state index is 9.77. The minimum Gasteiger partial charge on any atom is -0.490 e. The van der Waals surface area contributed by atoms with Crippen LogP contribution < -0.4 is 10.1 Å². The molecule has 0 heterocycles. The molecule has 20 heavy (non-hydrogen) atoms. The molecule has 2 N–H and O–H groups in total. The Labute approximate surface area is 122 Å². The topological polar surface area (TPSA) is 41.5 Å². The molecule has 1 fully saturated rings. The van der Waals surface area contributed by atoms with Gasteiger partial charge in [0.1, 0.15) is 11.9 Å². The third-order valence-corrected chi connectivity index (χ3v) is 4.18. The summed E-state index contributed by atoms with van der Waals surface area (Å²) >= 11 is 0. The molecule has 1 aromatic carbocycles. The molecule has 1 saturated carbocycles. The lowest BCUT2D eigenvalue weighted by atomic mass is 9.80. The first kappa shape index (κ1) is 15.3. The Morgan fingerprint density at radius 1 is 1.35 bits per heavy atom. The van der Waals surface area contributed by atoms with Gasteiger partial charge in [-0.05, 0) is 51.3 Å². The van der Waals surface area contributed by atoms with E-state index < -0.39 is 0 Å². The third-order valence-electron chi connectivity index (χ3n) is 4.18. The number of rotatable bonds is 6. The summed E-state index contributed by atoms with van der Waals surface area (Å²) in [5.74, 6) is 0.935. The maximum Gasteiger partial charge on any atom is 0.119 e. The molecule has 1 aliphatic carbocycles. The van der Waals surface area contributed by atoms with Crippen LogP contribution in [-0.2, 0) is 0 Å². The molecule has 3 nitrogen and oxygen atoms in total. The van der Waals surface area contributed by atoms with Gasteiger partial charge in [0.2, 0.25) is 0 Å². The largest absolute Gasteiger partial charge is 0.490 e. The van der Waals surface area contributed by atoms with Gasteiger partial charge in [0, 0.05) is 12.0 Å². The molecule has 0 aromatic heterocycles. The van der Waals surface area contributed by atoms with Gasteiger partial charge in [0.25, 0.3) is 0 Å². The fourth-order valence-electron chi connectivity index (χ4n) is 2.97. The van der Waals surface area contributed by atoms with Crippen molar-refractivity contribution < 1.29 is 9.84 Å². The van der Waals surface area contributed by atoms with Gasteiger partial charge in [-0.15, -0.1) is 0 Å². The van der Waals surface area contributed by atoms with Gasteiger partial charge in [0.05, 0.1) is 6.61 Å². The number of aliphatic hydroxyl groups is 1. The van der Waals surface area contributed by atoms with Crippen molar-refractivity contribution in [3.8, 4) is 5.75 Å². The molecule has 1 aliphatic rings. The molecule has 1 aromatic rings. The van der Waals surface area contributed by atoms with Crippen LogP contribution in [0.3, 0.4) is 0 Å². The lowest BCUT2D eigenvalue weighted by Gasteiger charge is -2.40. The van der Waals surface area contributed by atoms with Crippen LogP contribution >= 0.6 is 0 Å². The van der Waals surface area contributed by atoms with Crippen LogP contribution in [0.2, 0.25) is 0 Å². The van der Waals surface area contributed by atoms with E-state index in [1.54, 1.807) is 0 Å². The van der Waals surface area contributed by atoms with Gasteiger partial charge in [-0.25, -0.2) is 0 Å². The minimum absolute atomic E-state index is 0.149. The molecule has 0 amide bonds. The second-order valence-corrected chi connectivity index (χ2v) is 6.01. The first-order valence-corrected chi connectivity index (χ1v) is 7.77. The van der Waals surface area contributed by atoms with Crippen molar-refractivity contribution in [2.75, 3.05) is 13.2 Å². The fraction of sp³-hybridized carbons (Fsp3) is 0.647. The summed E-state index contributed by atoms with van der Waals surface area (Å²) in [6.45, 7) is 5.38. The van der Waals surface area contributed by atoms with Crippen molar-refractivity contribution in [1.29, 1.82) is 0 Å². The summed E-state index contributed by atoms with van der Waals surface area (Å²) in [5, 5.41) is 13.3. The minimum atomic E-state index is -0.149. The van der Waals surface area contributed by atoms with Gasteiger partial charge in [0.15, 0.2) is 0 Å². The summed E-state index contributed by atoms with van der Waals surface area (Å²) in [6, 6.07) is 8.22. The monoisotopic (exact) mass is 277 g/mol. The summed E-state index contributed by atoms with van der Waals surface area (Å²) in [7, 11) is 0. The standard InChI is InChI=1S/C17H27NO2/c1-3-11-18-17(13-19)10-4-5-16(12-17)20-15-8-6-14(2)7-9-15/h6-9,16,18-19H,3-5,10-13H2,1-2H3. The van der Waals surface area contributed by atoms with Crippen LogP contribution in [0.1, 0.15) is 44.6 Å². The first-order chi connectivity index (χ1) is 9.67. The highest BCUT2D eigenvalue weighted by Crippen LogP contribution is 2.31. The lowest BCUT2D eigenvalue weighted by Crippen LogP contribution is -2.53. The third kappa shape index (κ3) is 3.97. The predicted molar refractivity (Wildman–Crippen MR) is 82.2 cm³/mol. The zero-order valence-electron chi connectivity index (χ0n) is 12.7. The molecular formula is C17H27NO2. The molecular weight excluding hydrogens is 250 g/mol. The van der Waals surface area contributed by atoms with Crippen molar-refractivity contribution in [1.82, 2.24) is 5.32 Å². The van der Waals surface area contributed by atoms with Gasteiger partial charge < -0.3 is 15.2 Å². The molecule has 0 saturated heterocycles. The summed E-state index contributed by atoms with van der Waals surface area (Å²) < 4.78 is 6.10. The highest BCUT2D eigenvalue weighted by atomic mass is 16.5. The van der Waals surface area contributed by atoms with Crippen molar-refractivity contribution >= 4 is 0 Å². The maximum atomic E-state index is 9.77. The van der Waals surface area contributed by atoms with E-state index >= 15 is 0 Å². The number of benzene rings is 1. The van der Waals surface area contributed by atoms with E-state index in [9.17, 15) is 5.11 Å². The molecule has 3 heteroatoms. The number of hydrogen-bond donors (Lipinski definition) is 2. The highest BCUT2D eigenvalue weighted by Gasteiger charge is 2.36. The number of aryl methyl sites for hydroxylation is 1. The number of nitrogens with one attached hydrogen (secondary N) is 1. The quantitative estimate of drug-likeness (QED) is 0.839. The Hall–Kier alpha value is -1.06. The first-order valence-electron chi connectivity index (χ1n) is 7.77. The van der Waals surface area contributed by atoms with Crippen molar-refractivity contribution in [3.05, 3.63) is 29.8 Å². The Bertz CT molecular complexity index is 404. The lowest BCUT2D eigenvalue weighted by molar-refractivity contribution is 0.0511. The second-order valence-electron chi connectivity index (χ2n) is 6.01. The van der Waals surface area contributed by atoms with Crippen LogP contribution in [0.5, 0.6) is 5.75 Å². The zero-order chi connectivity index (χ0) is 14.4. The van der Waals surface area contributed by atoms with Gasteiger partial charge in [-0.3, -0.25) is 0 Å². The van der Waals surface area contributed by atoms with E-state index in [-0.39, 0.29) is 18.2 Å². The number of ether oxygens (including phenoxy) is 1. The van der Waals surface area contributed by atoms with E-state index in [0.29, 0.717) is 0 Å². The normalized spacial score (nSPS) is 26.4. The van der Waals surface area contributed by atoms with Gasteiger partial charge in [-0.1, -0.05) is 24.6 Å². The Morgan fingerprint density at radius 3 is 2.75 bits per heavy atom. The number of aliphatic hydroxyl groups excluding tert-OH is 1. The Balaban J connectivity index is 1.96. The van der Waals surface area contributed by atoms with E-state index in [2.05, 4.69) is 31.3 Å². The van der Waals surface area contributed by atoms with Crippen molar-refractivity contribution in [2.45, 2.75) is 57.6 Å². The molecule has 2 unspecified atom stereocenters. The Kier molecular flexibility index (Phi) is 5.44. The molecule has 0 bridgehead atoms. The van der Waals surface area contributed by atoms with E-state index in [4.69, 9.17) is 4.74 Å². The molecule has 0 spiro atoms. The average molecular weight is 277 g/mol. The van der Waals surface area contributed by atoms with Crippen LogP contribution in [-0.4, -0.2) is 29.9 Å². The molecule has 0 radical (unpaired) electrons. The van der Waals surface area contributed by atoms with Crippen LogP contribution in [0.4, 0.5) is 0 Å². The molecule has 2 rings (SSSR count). The van der Waals surface area contributed by atoms with Crippen molar-refractivity contribution in [3.63, 3.8) is 0 Å². The zero-order valence-corrected chi connectivity index (χ0v) is 12.7. The fourth-order valence-corrected chi connectivity index (χ4v) is 2.97. The smallest absolute Gasteiger partial charge is 0.119 e. The molecule has 2 atom stereocenters. The molecule has 112 valence electrons. The van der Waals surface area contributed by atoms with E-state index in [0.717, 1.165) is 44.4 Å².